The third-order valence-electron chi connectivity index (χ3n) is 2.86. The van der Waals surface area contributed by atoms with Crippen molar-refractivity contribution in [3.05, 3.63) is 18.4 Å². The first-order chi connectivity index (χ1) is 8.93. The molecule has 1 heterocycles. The van der Waals surface area contributed by atoms with Gasteiger partial charge in [-0.15, -0.1) is 0 Å². The van der Waals surface area contributed by atoms with Crippen molar-refractivity contribution in [1.82, 2.24) is 14.8 Å². The third-order valence-corrected chi connectivity index (χ3v) is 2.86. The minimum Gasteiger partial charge on any atom is -0.451 e. The van der Waals surface area contributed by atoms with Gasteiger partial charge in [0.05, 0.1) is 0 Å². The topological polar surface area (TPSA) is 66.7 Å². The zero-order valence-electron chi connectivity index (χ0n) is 11.9. The van der Waals surface area contributed by atoms with Crippen LogP contribution in [-0.2, 0) is 4.79 Å². The Hall–Kier alpha value is -1.85. The van der Waals surface area contributed by atoms with E-state index < -0.39 is 0 Å². The molecule has 6 heteroatoms. The standard InChI is InChI=1S/C13H21N3O3/c1-10(2)12(17)15(3)6-5-7-16(4)13(18)11-8-19-9-14-11/h8-10H,5-7H2,1-4H3. The lowest BCUT2D eigenvalue weighted by molar-refractivity contribution is -0.133. The predicted octanol–water partition coefficient (Wildman–Crippen LogP) is 1.25. The van der Waals surface area contributed by atoms with Crippen LogP contribution in [0.25, 0.3) is 0 Å². The lowest BCUT2D eigenvalue weighted by Crippen LogP contribution is -2.34. The summed E-state index contributed by atoms with van der Waals surface area (Å²) >= 11 is 0. The van der Waals surface area contributed by atoms with Gasteiger partial charge in [-0.25, -0.2) is 4.98 Å². The molecular formula is C13H21N3O3. The van der Waals surface area contributed by atoms with E-state index in [1.807, 2.05) is 13.8 Å². The lowest BCUT2D eigenvalue weighted by atomic mass is 10.2. The highest BCUT2D eigenvalue weighted by atomic mass is 16.3. The number of amides is 2. The molecule has 106 valence electrons. The second-order valence-electron chi connectivity index (χ2n) is 4.87. The van der Waals surface area contributed by atoms with Gasteiger partial charge in [0.1, 0.15) is 6.26 Å². The normalized spacial score (nSPS) is 10.6. The van der Waals surface area contributed by atoms with Gasteiger partial charge in [-0.2, -0.15) is 0 Å². The minimum atomic E-state index is -0.174. The Bertz CT molecular complexity index is 415. The maximum absolute atomic E-state index is 11.8. The van der Waals surface area contributed by atoms with Crippen LogP contribution in [0.15, 0.2) is 17.1 Å². The van der Waals surface area contributed by atoms with Crippen LogP contribution in [0.5, 0.6) is 0 Å². The van der Waals surface area contributed by atoms with Gasteiger partial charge in [-0.1, -0.05) is 13.8 Å². The molecule has 0 saturated carbocycles. The fourth-order valence-corrected chi connectivity index (χ4v) is 1.71. The Morgan fingerprint density at radius 3 is 2.42 bits per heavy atom. The summed E-state index contributed by atoms with van der Waals surface area (Å²) in [5.74, 6) is -0.0587. The molecule has 0 radical (unpaired) electrons. The van der Waals surface area contributed by atoms with E-state index in [2.05, 4.69) is 4.98 Å². The third kappa shape index (κ3) is 4.39. The van der Waals surface area contributed by atoms with E-state index in [-0.39, 0.29) is 17.7 Å². The molecule has 2 amide bonds. The van der Waals surface area contributed by atoms with Crippen LogP contribution in [0.4, 0.5) is 0 Å². The van der Waals surface area contributed by atoms with Gasteiger partial charge in [0.15, 0.2) is 12.1 Å². The summed E-state index contributed by atoms with van der Waals surface area (Å²) in [6, 6.07) is 0. The van der Waals surface area contributed by atoms with E-state index in [0.29, 0.717) is 18.8 Å². The molecule has 1 aromatic rings. The van der Waals surface area contributed by atoms with Gasteiger partial charge in [0.25, 0.3) is 5.91 Å². The molecule has 1 rings (SSSR count). The van der Waals surface area contributed by atoms with Gasteiger partial charge >= 0.3 is 0 Å². The van der Waals surface area contributed by atoms with Crippen LogP contribution >= 0.6 is 0 Å². The SMILES string of the molecule is CC(C)C(=O)N(C)CCCN(C)C(=O)c1cocn1. The molecule has 0 spiro atoms. The monoisotopic (exact) mass is 267 g/mol. The Balaban J connectivity index is 2.33. The van der Waals surface area contributed by atoms with Crippen molar-refractivity contribution in [3.8, 4) is 0 Å². The molecule has 0 N–H and O–H groups in total. The van der Waals surface area contributed by atoms with Gasteiger partial charge in [0, 0.05) is 33.1 Å². The largest absolute Gasteiger partial charge is 0.451 e. The zero-order chi connectivity index (χ0) is 14.4. The number of nitrogens with zero attached hydrogens (tertiary/aromatic N) is 3. The van der Waals surface area contributed by atoms with E-state index in [1.165, 1.54) is 12.7 Å². The molecule has 0 aromatic carbocycles. The summed E-state index contributed by atoms with van der Waals surface area (Å²) in [5, 5.41) is 0. The molecular weight excluding hydrogens is 246 g/mol. The fourth-order valence-electron chi connectivity index (χ4n) is 1.71. The van der Waals surface area contributed by atoms with E-state index in [1.54, 1.807) is 23.9 Å². The van der Waals surface area contributed by atoms with Crippen molar-refractivity contribution in [3.63, 3.8) is 0 Å². The highest BCUT2D eigenvalue weighted by Gasteiger charge is 2.16. The summed E-state index contributed by atoms with van der Waals surface area (Å²) in [4.78, 5) is 30.6. The summed E-state index contributed by atoms with van der Waals surface area (Å²) < 4.78 is 4.77. The zero-order valence-corrected chi connectivity index (χ0v) is 11.9. The van der Waals surface area contributed by atoms with E-state index >= 15 is 0 Å². The van der Waals surface area contributed by atoms with Crippen molar-refractivity contribution < 1.29 is 14.0 Å². The van der Waals surface area contributed by atoms with Crippen LogP contribution < -0.4 is 0 Å². The highest BCUT2D eigenvalue weighted by Crippen LogP contribution is 2.03. The lowest BCUT2D eigenvalue weighted by Gasteiger charge is -2.21. The number of oxazole rings is 1. The van der Waals surface area contributed by atoms with Gasteiger partial charge < -0.3 is 14.2 Å². The molecule has 0 atom stereocenters. The van der Waals surface area contributed by atoms with Crippen molar-refractivity contribution in [2.24, 2.45) is 5.92 Å². The van der Waals surface area contributed by atoms with Crippen molar-refractivity contribution >= 4 is 11.8 Å². The Kier molecular flexibility index (Phi) is 5.54. The first kappa shape index (κ1) is 15.2. The minimum absolute atomic E-state index is 0.000470. The maximum Gasteiger partial charge on any atom is 0.275 e. The maximum atomic E-state index is 11.8. The first-order valence-electron chi connectivity index (χ1n) is 6.32. The average Bonchev–Trinajstić information content (AvgIpc) is 2.90. The van der Waals surface area contributed by atoms with Gasteiger partial charge in [-0.05, 0) is 6.42 Å². The molecule has 6 nitrogen and oxygen atoms in total. The summed E-state index contributed by atoms with van der Waals surface area (Å²) in [7, 11) is 3.49. The second kappa shape index (κ2) is 6.92. The average molecular weight is 267 g/mol. The van der Waals surface area contributed by atoms with Gasteiger partial charge in [0.2, 0.25) is 5.91 Å². The van der Waals surface area contributed by atoms with Crippen LogP contribution in [0.1, 0.15) is 30.8 Å². The number of carbonyl (C=O) groups is 2. The molecule has 0 aliphatic heterocycles. The molecule has 0 unspecified atom stereocenters. The smallest absolute Gasteiger partial charge is 0.275 e. The summed E-state index contributed by atoms with van der Waals surface area (Å²) in [5.41, 5.74) is 0.300. The van der Waals surface area contributed by atoms with Crippen molar-refractivity contribution in [1.29, 1.82) is 0 Å². The fraction of sp³-hybridized carbons (Fsp3) is 0.615. The van der Waals surface area contributed by atoms with Crippen molar-refractivity contribution in [2.45, 2.75) is 20.3 Å². The van der Waals surface area contributed by atoms with Crippen LogP contribution in [0.3, 0.4) is 0 Å². The molecule has 0 fully saturated rings. The first-order valence-corrected chi connectivity index (χ1v) is 6.32. The van der Waals surface area contributed by atoms with Crippen molar-refractivity contribution in [2.75, 3.05) is 27.2 Å². The van der Waals surface area contributed by atoms with E-state index in [9.17, 15) is 9.59 Å². The molecule has 1 aromatic heterocycles. The number of rotatable bonds is 6. The quantitative estimate of drug-likeness (QED) is 0.778. The number of hydrogen-bond donors (Lipinski definition) is 0. The molecule has 0 saturated heterocycles. The molecule has 19 heavy (non-hydrogen) atoms. The Labute approximate surface area is 113 Å². The highest BCUT2D eigenvalue weighted by molar-refractivity contribution is 5.91. The Morgan fingerprint density at radius 1 is 1.26 bits per heavy atom. The second-order valence-corrected chi connectivity index (χ2v) is 4.87. The summed E-state index contributed by atoms with van der Waals surface area (Å²) in [6.45, 7) is 4.95. The van der Waals surface area contributed by atoms with Crippen LogP contribution in [-0.4, -0.2) is 53.8 Å². The predicted molar refractivity (Wildman–Crippen MR) is 70.6 cm³/mol. The number of aromatic nitrogens is 1. The molecule has 0 bridgehead atoms. The van der Waals surface area contributed by atoms with E-state index in [4.69, 9.17) is 4.42 Å². The summed E-state index contributed by atoms with van der Waals surface area (Å²) in [6.07, 6.45) is 3.29. The van der Waals surface area contributed by atoms with Crippen LogP contribution in [0.2, 0.25) is 0 Å². The number of carbonyl (C=O) groups excluding carboxylic acids is 2. The van der Waals surface area contributed by atoms with Gasteiger partial charge in [-0.3, -0.25) is 9.59 Å². The molecule has 0 aliphatic carbocycles. The van der Waals surface area contributed by atoms with Crippen LogP contribution in [0, 0.1) is 5.92 Å². The Morgan fingerprint density at radius 2 is 1.89 bits per heavy atom. The molecule has 0 aliphatic rings. The number of hydrogen-bond acceptors (Lipinski definition) is 4. The van der Waals surface area contributed by atoms with E-state index in [0.717, 1.165) is 6.42 Å².